The Balaban J connectivity index is 1.74. The van der Waals surface area contributed by atoms with Crippen LogP contribution >= 0.6 is 0 Å². The van der Waals surface area contributed by atoms with Gasteiger partial charge in [-0.25, -0.2) is 0 Å². The van der Waals surface area contributed by atoms with E-state index < -0.39 is 14.1 Å². The van der Waals surface area contributed by atoms with E-state index in [-0.39, 0.29) is 28.3 Å². The number of fused-ring (bicyclic) bond motifs is 1. The molecule has 0 aromatic heterocycles. The quantitative estimate of drug-likeness (QED) is 0.223. The van der Waals surface area contributed by atoms with Gasteiger partial charge in [-0.05, 0) is 48.9 Å². The van der Waals surface area contributed by atoms with Gasteiger partial charge in [0.15, 0.2) is 19.9 Å². The van der Waals surface area contributed by atoms with Gasteiger partial charge in [0.1, 0.15) is 0 Å². The SMILES string of the molecule is CCCCCC(=O)/C=C/[C@H]1[C@H]2CC3(C[C@H]2C[C@H]1O[Si](C)(C)C(C)(C)C)OCC(C)(C)CO3. The number of allylic oxidation sites excluding steroid dienone is 1. The van der Waals surface area contributed by atoms with E-state index in [0.717, 1.165) is 51.7 Å². The Kier molecular flexibility index (Phi) is 7.86. The maximum absolute atomic E-state index is 12.5. The van der Waals surface area contributed by atoms with Gasteiger partial charge in [-0.15, -0.1) is 0 Å². The van der Waals surface area contributed by atoms with Crippen molar-refractivity contribution in [3.63, 3.8) is 0 Å². The van der Waals surface area contributed by atoms with Crippen molar-refractivity contribution >= 4 is 14.1 Å². The van der Waals surface area contributed by atoms with E-state index in [9.17, 15) is 4.79 Å². The zero-order chi connectivity index (χ0) is 23.8. The topological polar surface area (TPSA) is 44.8 Å². The molecule has 0 radical (unpaired) electrons. The first-order valence-corrected chi connectivity index (χ1v) is 15.9. The summed E-state index contributed by atoms with van der Waals surface area (Å²) in [7, 11) is -1.89. The van der Waals surface area contributed by atoms with Gasteiger partial charge >= 0.3 is 0 Å². The predicted octanol–water partition coefficient (Wildman–Crippen LogP) is 6.90. The second kappa shape index (κ2) is 9.63. The molecule has 3 aliphatic rings. The molecule has 5 heteroatoms. The van der Waals surface area contributed by atoms with Crippen LogP contribution in [0.5, 0.6) is 0 Å². The molecular weight excluding hydrogens is 416 g/mol. The third-order valence-corrected chi connectivity index (χ3v) is 12.9. The summed E-state index contributed by atoms with van der Waals surface area (Å²) in [5, 5.41) is 0.178. The summed E-state index contributed by atoms with van der Waals surface area (Å²) >= 11 is 0. The molecule has 4 atom stereocenters. The molecule has 4 nitrogen and oxygen atoms in total. The third-order valence-electron chi connectivity index (χ3n) is 8.42. The van der Waals surface area contributed by atoms with E-state index in [0.29, 0.717) is 18.3 Å². The lowest BCUT2D eigenvalue weighted by Crippen LogP contribution is -2.47. The van der Waals surface area contributed by atoms with Crippen molar-refractivity contribution in [1.29, 1.82) is 0 Å². The normalized spacial score (nSPS) is 32.0. The first-order chi connectivity index (χ1) is 14.8. The van der Waals surface area contributed by atoms with E-state index >= 15 is 0 Å². The highest BCUT2D eigenvalue weighted by Gasteiger charge is 2.58. The molecule has 0 aromatic carbocycles. The smallest absolute Gasteiger partial charge is 0.192 e. The molecule has 184 valence electrons. The number of carbonyl (C=O) groups is 1. The van der Waals surface area contributed by atoms with Crippen molar-refractivity contribution < 1.29 is 18.7 Å². The van der Waals surface area contributed by atoms with E-state index in [1.54, 1.807) is 0 Å². The van der Waals surface area contributed by atoms with Crippen LogP contribution in [-0.2, 0) is 18.7 Å². The maximum atomic E-state index is 12.5. The van der Waals surface area contributed by atoms with Crippen LogP contribution in [0, 0.1) is 23.2 Å². The summed E-state index contributed by atoms with van der Waals surface area (Å²) in [6.07, 6.45) is 11.1. The van der Waals surface area contributed by atoms with Crippen molar-refractivity contribution in [2.24, 2.45) is 23.2 Å². The Labute approximate surface area is 198 Å². The van der Waals surface area contributed by atoms with Crippen molar-refractivity contribution in [1.82, 2.24) is 0 Å². The van der Waals surface area contributed by atoms with Gasteiger partial charge in [0.2, 0.25) is 0 Å². The third kappa shape index (κ3) is 5.95. The van der Waals surface area contributed by atoms with Gasteiger partial charge in [-0.2, -0.15) is 0 Å². The van der Waals surface area contributed by atoms with Crippen molar-refractivity contribution in [3.8, 4) is 0 Å². The van der Waals surface area contributed by atoms with Crippen molar-refractivity contribution in [3.05, 3.63) is 12.2 Å². The molecule has 32 heavy (non-hydrogen) atoms. The van der Waals surface area contributed by atoms with Crippen molar-refractivity contribution in [2.45, 2.75) is 117 Å². The van der Waals surface area contributed by atoms with Gasteiger partial charge in [0.05, 0.1) is 19.3 Å². The van der Waals surface area contributed by atoms with Crippen LogP contribution in [-0.4, -0.2) is 39.2 Å². The average molecular weight is 465 g/mol. The first kappa shape index (κ1) is 26.1. The Morgan fingerprint density at radius 2 is 1.78 bits per heavy atom. The minimum absolute atomic E-state index is 0.0845. The van der Waals surface area contributed by atoms with Gasteiger partial charge in [-0.1, -0.05) is 60.5 Å². The van der Waals surface area contributed by atoms with Gasteiger partial charge in [-0.3, -0.25) is 4.79 Å². The number of hydrogen-bond acceptors (Lipinski definition) is 4. The molecule has 1 saturated heterocycles. The van der Waals surface area contributed by atoms with Crippen LogP contribution in [0.3, 0.4) is 0 Å². The number of hydrogen-bond donors (Lipinski definition) is 0. The zero-order valence-corrected chi connectivity index (χ0v) is 23.0. The highest BCUT2D eigenvalue weighted by molar-refractivity contribution is 6.74. The highest BCUT2D eigenvalue weighted by atomic mass is 28.4. The first-order valence-electron chi connectivity index (χ1n) is 12.9. The minimum Gasteiger partial charge on any atom is -0.413 e. The molecule has 3 rings (SSSR count). The summed E-state index contributed by atoms with van der Waals surface area (Å²) in [6.45, 7) is 19.7. The molecule has 0 bridgehead atoms. The number of carbonyl (C=O) groups excluding carboxylic acids is 1. The number of ether oxygens (including phenoxy) is 2. The fourth-order valence-corrected chi connectivity index (χ4v) is 6.74. The monoisotopic (exact) mass is 464 g/mol. The number of unbranched alkanes of at least 4 members (excludes halogenated alkanes) is 2. The zero-order valence-electron chi connectivity index (χ0n) is 22.0. The molecule has 2 saturated carbocycles. The highest BCUT2D eigenvalue weighted by Crippen LogP contribution is 2.57. The van der Waals surface area contributed by atoms with E-state index in [2.05, 4.69) is 60.7 Å². The predicted molar refractivity (Wildman–Crippen MR) is 133 cm³/mol. The second-order valence-corrected chi connectivity index (χ2v) is 17.8. The molecule has 0 unspecified atom stereocenters. The summed E-state index contributed by atoms with van der Waals surface area (Å²) in [5.74, 6) is 1.10. The summed E-state index contributed by atoms with van der Waals surface area (Å²) < 4.78 is 19.7. The second-order valence-electron chi connectivity index (χ2n) is 13.0. The van der Waals surface area contributed by atoms with E-state index in [1.807, 2.05) is 6.08 Å². The van der Waals surface area contributed by atoms with Crippen LogP contribution in [0.2, 0.25) is 18.1 Å². The lowest BCUT2D eigenvalue weighted by Gasteiger charge is -2.43. The molecular formula is C27H48O4Si. The van der Waals surface area contributed by atoms with Gasteiger partial charge < -0.3 is 13.9 Å². The lowest BCUT2D eigenvalue weighted by molar-refractivity contribution is -0.298. The molecule has 2 aliphatic carbocycles. The molecule has 1 spiro atoms. The van der Waals surface area contributed by atoms with E-state index in [1.165, 1.54) is 0 Å². The van der Waals surface area contributed by atoms with Gasteiger partial charge in [0.25, 0.3) is 0 Å². The molecule has 3 fully saturated rings. The van der Waals surface area contributed by atoms with Crippen LogP contribution in [0.25, 0.3) is 0 Å². The maximum Gasteiger partial charge on any atom is 0.192 e. The largest absolute Gasteiger partial charge is 0.413 e. The summed E-state index contributed by atoms with van der Waals surface area (Å²) in [6, 6.07) is 0. The summed E-state index contributed by atoms with van der Waals surface area (Å²) in [5.41, 5.74) is 0.0845. The van der Waals surface area contributed by atoms with Crippen LogP contribution in [0.15, 0.2) is 12.2 Å². The van der Waals surface area contributed by atoms with Crippen LogP contribution in [0.4, 0.5) is 0 Å². The Morgan fingerprint density at radius 3 is 2.38 bits per heavy atom. The average Bonchev–Trinajstić information content (AvgIpc) is 3.16. The molecule has 1 aliphatic heterocycles. The lowest BCUT2D eigenvalue weighted by atomic mass is 9.90. The Morgan fingerprint density at radius 1 is 1.12 bits per heavy atom. The Bertz CT molecular complexity index is 680. The van der Waals surface area contributed by atoms with Crippen LogP contribution < -0.4 is 0 Å². The number of ketones is 1. The minimum atomic E-state index is -1.89. The fraction of sp³-hybridized carbons (Fsp3) is 0.889. The van der Waals surface area contributed by atoms with E-state index in [4.69, 9.17) is 13.9 Å². The van der Waals surface area contributed by atoms with Gasteiger partial charge in [0, 0.05) is 30.6 Å². The molecule has 0 aromatic rings. The van der Waals surface area contributed by atoms with Crippen molar-refractivity contribution in [2.75, 3.05) is 13.2 Å². The standard InChI is InChI=1S/C27H48O4Si/c1-9-10-11-12-21(28)13-14-22-23-17-27(29-18-26(5,6)19-30-27)16-20(23)15-24(22)31-32(7,8)25(2,3)4/h13-14,20,22-24H,9-12,15-19H2,1-8H3/b14-13+/t20-,22+,23+,24-/m1/s1. The Hall–Kier alpha value is -0.493. The fourth-order valence-electron chi connectivity index (χ4n) is 5.37. The molecule has 0 amide bonds. The summed E-state index contributed by atoms with van der Waals surface area (Å²) in [4.78, 5) is 12.5. The number of rotatable bonds is 8. The molecule has 0 N–H and O–H groups in total. The molecule has 1 heterocycles. The van der Waals surface area contributed by atoms with Crippen LogP contribution in [0.1, 0.15) is 86.5 Å².